The molecule has 2 aromatic carbocycles. The monoisotopic (exact) mass is 369 g/mol. The summed E-state index contributed by atoms with van der Waals surface area (Å²) in [5, 5.41) is 12.8. The highest BCUT2D eigenvalue weighted by atomic mass is 79.9. The van der Waals surface area contributed by atoms with Crippen LogP contribution in [0.2, 0.25) is 5.02 Å². The Morgan fingerprint density at radius 1 is 1.29 bits per heavy atom. The smallest absolute Gasteiger partial charge is 0.335 e. The summed E-state index contributed by atoms with van der Waals surface area (Å²) in [6.45, 7) is 0.996. The first-order chi connectivity index (χ1) is 10.1. The molecule has 0 spiro atoms. The molecule has 0 aliphatic heterocycles. The average Bonchev–Trinajstić information content (AvgIpc) is 2.45. The summed E-state index contributed by atoms with van der Waals surface area (Å²) in [4.78, 5) is 10.8. The molecular formula is C15H13BrClNO3. The number of halogens is 2. The highest BCUT2D eigenvalue weighted by molar-refractivity contribution is 9.10. The number of carboxylic acids is 1. The Hall–Kier alpha value is -1.72. The number of nitrogens with one attached hydrogen (secondary N) is 1. The van der Waals surface area contributed by atoms with E-state index in [0.717, 1.165) is 10.2 Å². The Bertz CT molecular complexity index is 649. The van der Waals surface area contributed by atoms with Gasteiger partial charge in [-0.3, -0.25) is 0 Å². The van der Waals surface area contributed by atoms with Crippen LogP contribution in [-0.4, -0.2) is 24.2 Å². The van der Waals surface area contributed by atoms with Crippen molar-refractivity contribution in [3.63, 3.8) is 0 Å². The molecular weight excluding hydrogens is 358 g/mol. The Balaban J connectivity index is 1.84. The van der Waals surface area contributed by atoms with Gasteiger partial charge >= 0.3 is 5.97 Å². The first kappa shape index (κ1) is 15.7. The van der Waals surface area contributed by atoms with E-state index in [0.29, 0.717) is 23.9 Å². The normalized spacial score (nSPS) is 10.2. The molecule has 0 amide bonds. The van der Waals surface area contributed by atoms with Crippen LogP contribution in [0.4, 0.5) is 5.69 Å². The van der Waals surface area contributed by atoms with Gasteiger partial charge in [0.1, 0.15) is 12.4 Å². The van der Waals surface area contributed by atoms with Crippen LogP contribution in [0.1, 0.15) is 10.4 Å². The number of carbonyl (C=O) groups is 1. The quantitative estimate of drug-likeness (QED) is 0.745. The van der Waals surface area contributed by atoms with Gasteiger partial charge in [-0.1, -0.05) is 17.7 Å². The van der Waals surface area contributed by atoms with Gasteiger partial charge in [0, 0.05) is 21.7 Å². The molecule has 0 radical (unpaired) electrons. The topological polar surface area (TPSA) is 58.6 Å². The zero-order valence-corrected chi connectivity index (χ0v) is 13.3. The van der Waals surface area contributed by atoms with Crippen LogP contribution in [0, 0.1) is 0 Å². The van der Waals surface area contributed by atoms with Gasteiger partial charge in [0.05, 0.1) is 5.56 Å². The Labute approximate surface area is 135 Å². The van der Waals surface area contributed by atoms with Crippen LogP contribution in [0.25, 0.3) is 0 Å². The minimum Gasteiger partial charge on any atom is -0.492 e. The lowest BCUT2D eigenvalue weighted by molar-refractivity contribution is 0.0696. The molecule has 21 heavy (non-hydrogen) atoms. The van der Waals surface area contributed by atoms with Crippen molar-refractivity contribution in [1.29, 1.82) is 0 Å². The van der Waals surface area contributed by atoms with Crippen LogP contribution in [0.5, 0.6) is 5.75 Å². The number of hydrogen-bond acceptors (Lipinski definition) is 3. The fourth-order valence-electron chi connectivity index (χ4n) is 1.71. The Morgan fingerprint density at radius 2 is 2.10 bits per heavy atom. The summed E-state index contributed by atoms with van der Waals surface area (Å²) in [6, 6.07) is 11.9. The Morgan fingerprint density at radius 3 is 2.81 bits per heavy atom. The van der Waals surface area contributed by atoms with E-state index >= 15 is 0 Å². The zero-order chi connectivity index (χ0) is 15.2. The standard InChI is InChI=1S/C15H13BrClNO3/c16-13-9-11(17)4-5-14(13)18-6-7-21-12-3-1-2-10(8-12)15(19)20/h1-5,8-9,18H,6-7H2,(H,19,20). The molecule has 0 aliphatic carbocycles. The van der Waals surface area contributed by atoms with Gasteiger partial charge in [0.15, 0.2) is 0 Å². The fourth-order valence-corrected chi connectivity index (χ4v) is 2.53. The summed E-state index contributed by atoms with van der Waals surface area (Å²) in [5.74, 6) is -0.435. The van der Waals surface area contributed by atoms with E-state index in [4.69, 9.17) is 21.4 Å². The maximum absolute atomic E-state index is 10.8. The van der Waals surface area contributed by atoms with Gasteiger partial charge in [-0.2, -0.15) is 0 Å². The lowest BCUT2D eigenvalue weighted by Gasteiger charge is -2.10. The van der Waals surface area contributed by atoms with Crippen molar-refractivity contribution in [3.05, 3.63) is 57.5 Å². The number of rotatable bonds is 6. The van der Waals surface area contributed by atoms with E-state index in [1.807, 2.05) is 6.07 Å². The molecule has 0 aliphatic rings. The number of aromatic carboxylic acids is 1. The van der Waals surface area contributed by atoms with E-state index in [9.17, 15) is 4.79 Å². The third kappa shape index (κ3) is 4.65. The predicted molar refractivity (Wildman–Crippen MR) is 86.5 cm³/mol. The van der Waals surface area contributed by atoms with E-state index in [1.165, 1.54) is 12.1 Å². The summed E-state index contributed by atoms with van der Waals surface area (Å²) in [7, 11) is 0. The van der Waals surface area contributed by atoms with Crippen molar-refractivity contribution in [2.75, 3.05) is 18.5 Å². The molecule has 2 aromatic rings. The molecule has 2 N–H and O–H groups in total. The highest BCUT2D eigenvalue weighted by Gasteiger charge is 2.04. The van der Waals surface area contributed by atoms with Crippen molar-refractivity contribution in [2.45, 2.75) is 0 Å². The molecule has 2 rings (SSSR count). The summed E-state index contributed by atoms with van der Waals surface area (Å²) < 4.78 is 6.39. The molecule has 4 nitrogen and oxygen atoms in total. The molecule has 0 fully saturated rings. The summed E-state index contributed by atoms with van der Waals surface area (Å²) in [5.41, 5.74) is 1.13. The SMILES string of the molecule is O=C(O)c1cccc(OCCNc2ccc(Cl)cc2Br)c1. The minimum atomic E-state index is -0.969. The lowest BCUT2D eigenvalue weighted by Crippen LogP contribution is -2.12. The minimum absolute atomic E-state index is 0.209. The molecule has 6 heteroatoms. The average molecular weight is 371 g/mol. The molecule has 0 saturated carbocycles. The number of carboxylic acid groups (broad SMARTS) is 1. The van der Waals surface area contributed by atoms with Crippen LogP contribution in [0.3, 0.4) is 0 Å². The second kappa shape index (κ2) is 7.33. The van der Waals surface area contributed by atoms with E-state index in [2.05, 4.69) is 21.2 Å². The van der Waals surface area contributed by atoms with Crippen molar-refractivity contribution < 1.29 is 14.6 Å². The van der Waals surface area contributed by atoms with Crippen molar-refractivity contribution in [2.24, 2.45) is 0 Å². The predicted octanol–water partition coefficient (Wildman–Crippen LogP) is 4.29. The highest BCUT2D eigenvalue weighted by Crippen LogP contribution is 2.25. The second-order valence-corrected chi connectivity index (χ2v) is 5.52. The maximum atomic E-state index is 10.8. The van der Waals surface area contributed by atoms with Crippen LogP contribution in [0.15, 0.2) is 46.9 Å². The second-order valence-electron chi connectivity index (χ2n) is 4.23. The number of hydrogen-bond donors (Lipinski definition) is 2. The molecule has 0 aromatic heterocycles. The van der Waals surface area contributed by atoms with Gasteiger partial charge in [-0.05, 0) is 52.3 Å². The summed E-state index contributed by atoms with van der Waals surface area (Å²) >= 11 is 9.28. The zero-order valence-electron chi connectivity index (χ0n) is 11.0. The van der Waals surface area contributed by atoms with Crippen LogP contribution < -0.4 is 10.1 Å². The molecule has 110 valence electrons. The van der Waals surface area contributed by atoms with Crippen LogP contribution in [-0.2, 0) is 0 Å². The molecule has 0 saturated heterocycles. The van der Waals surface area contributed by atoms with Crippen molar-refractivity contribution in [1.82, 2.24) is 0 Å². The first-order valence-corrected chi connectivity index (χ1v) is 7.38. The fraction of sp³-hybridized carbons (Fsp3) is 0.133. The van der Waals surface area contributed by atoms with Crippen LogP contribution >= 0.6 is 27.5 Å². The van der Waals surface area contributed by atoms with Gasteiger partial charge in [-0.25, -0.2) is 4.79 Å². The third-order valence-corrected chi connectivity index (χ3v) is 3.59. The largest absolute Gasteiger partial charge is 0.492 e. The van der Waals surface area contributed by atoms with E-state index in [-0.39, 0.29) is 5.56 Å². The van der Waals surface area contributed by atoms with Gasteiger partial charge < -0.3 is 15.2 Å². The first-order valence-electron chi connectivity index (χ1n) is 6.21. The molecule has 0 bridgehead atoms. The third-order valence-electron chi connectivity index (χ3n) is 2.70. The number of ether oxygens (including phenoxy) is 1. The van der Waals surface area contributed by atoms with Crippen molar-refractivity contribution in [3.8, 4) is 5.75 Å². The van der Waals surface area contributed by atoms with Gasteiger partial charge in [-0.15, -0.1) is 0 Å². The van der Waals surface area contributed by atoms with E-state index < -0.39 is 5.97 Å². The summed E-state index contributed by atoms with van der Waals surface area (Å²) in [6.07, 6.45) is 0. The molecule has 0 atom stereocenters. The molecule has 0 unspecified atom stereocenters. The van der Waals surface area contributed by atoms with Gasteiger partial charge in [0.25, 0.3) is 0 Å². The Kier molecular flexibility index (Phi) is 5.47. The maximum Gasteiger partial charge on any atom is 0.335 e. The lowest BCUT2D eigenvalue weighted by atomic mass is 10.2. The number of benzene rings is 2. The number of anilines is 1. The van der Waals surface area contributed by atoms with Gasteiger partial charge in [0.2, 0.25) is 0 Å². The molecule has 0 heterocycles. The van der Waals surface area contributed by atoms with Crippen molar-refractivity contribution >= 4 is 39.2 Å². The van der Waals surface area contributed by atoms with E-state index in [1.54, 1.807) is 24.3 Å².